The molecule has 0 aliphatic heterocycles. The van der Waals surface area contributed by atoms with Crippen LogP contribution in [0.1, 0.15) is 11.1 Å². The van der Waals surface area contributed by atoms with Crippen LogP contribution in [0, 0.1) is 12.7 Å². The first kappa shape index (κ1) is 24.8. The zero-order valence-corrected chi connectivity index (χ0v) is 22.8. The highest BCUT2D eigenvalue weighted by atomic mass is 32.2. The number of hydrogen-bond donors (Lipinski definition) is 1. The van der Waals surface area contributed by atoms with E-state index in [1.807, 2.05) is 30.4 Å². The van der Waals surface area contributed by atoms with Gasteiger partial charge in [0.15, 0.2) is 5.16 Å². The average Bonchev–Trinajstić information content (AvgIpc) is 3.59. The molecule has 0 spiro atoms. The van der Waals surface area contributed by atoms with Crippen LogP contribution >= 0.6 is 46.4 Å². The number of halogens is 1. The van der Waals surface area contributed by atoms with Gasteiger partial charge in [-0.1, -0.05) is 30.0 Å². The van der Waals surface area contributed by atoms with Gasteiger partial charge in [0.1, 0.15) is 5.82 Å². The van der Waals surface area contributed by atoms with Crippen molar-refractivity contribution in [2.24, 2.45) is 0 Å². The number of H-pyrrole nitrogens is 1. The molecule has 36 heavy (non-hydrogen) atoms. The molecule has 0 atom stereocenters. The maximum Gasteiger partial charge on any atom is 0.255 e. The van der Waals surface area contributed by atoms with Crippen molar-refractivity contribution in [1.29, 1.82) is 0 Å². The Balaban J connectivity index is 1.26. The quantitative estimate of drug-likeness (QED) is 0.120. The van der Waals surface area contributed by atoms with E-state index in [2.05, 4.69) is 46.8 Å². The lowest BCUT2D eigenvalue weighted by Crippen LogP contribution is -2.13. The van der Waals surface area contributed by atoms with Crippen molar-refractivity contribution in [2.45, 2.75) is 22.7 Å². The molecule has 0 unspecified atom stereocenters. The molecule has 3 aromatic heterocycles. The third-order valence-corrected chi connectivity index (χ3v) is 9.53. The van der Waals surface area contributed by atoms with Crippen LogP contribution in [0.25, 0.3) is 20.3 Å². The van der Waals surface area contributed by atoms with Crippen molar-refractivity contribution >= 4 is 52.1 Å². The molecule has 9 heteroatoms. The smallest absolute Gasteiger partial charge is 0.255 e. The molecule has 5 aromatic rings. The summed E-state index contributed by atoms with van der Waals surface area (Å²) in [6, 6.07) is 23.0. The van der Waals surface area contributed by atoms with E-state index >= 15 is 0 Å². The summed E-state index contributed by atoms with van der Waals surface area (Å²) in [4.78, 5) is 24.7. The number of thioether (sulfide) groups is 1. The van der Waals surface area contributed by atoms with Gasteiger partial charge in [0, 0.05) is 38.7 Å². The third kappa shape index (κ3) is 5.75. The standard InChI is InChI=1S/C27H22FN3OS4/c1-17-25(24-14-13-23(35-24)22-4-3-15-33-22)29-27(30-26(17)32)34-16-18-5-9-20(10-6-18)31(2)36-21-11-7-19(28)8-12-21/h3-15H,16H2,1-2H3,(H,29,30,32). The van der Waals surface area contributed by atoms with Crippen molar-refractivity contribution < 1.29 is 4.39 Å². The van der Waals surface area contributed by atoms with E-state index in [0.717, 1.165) is 26.7 Å². The van der Waals surface area contributed by atoms with Crippen molar-refractivity contribution in [3.8, 4) is 20.3 Å². The molecule has 2 aromatic carbocycles. The molecule has 182 valence electrons. The van der Waals surface area contributed by atoms with Gasteiger partial charge in [-0.3, -0.25) is 4.79 Å². The van der Waals surface area contributed by atoms with Gasteiger partial charge in [0.2, 0.25) is 0 Å². The van der Waals surface area contributed by atoms with E-state index in [9.17, 15) is 9.18 Å². The molecule has 0 fully saturated rings. The zero-order valence-electron chi connectivity index (χ0n) is 19.5. The van der Waals surface area contributed by atoms with Crippen LogP contribution in [-0.4, -0.2) is 17.0 Å². The molecule has 3 heterocycles. The van der Waals surface area contributed by atoms with Gasteiger partial charge in [0.05, 0.1) is 10.6 Å². The number of nitrogens with zero attached hydrogens (tertiary/aromatic N) is 2. The summed E-state index contributed by atoms with van der Waals surface area (Å²) < 4.78 is 15.2. The molecule has 0 saturated carbocycles. The highest BCUT2D eigenvalue weighted by molar-refractivity contribution is 8.00. The van der Waals surface area contributed by atoms with Gasteiger partial charge >= 0.3 is 0 Å². The SMILES string of the molecule is Cc1c(-c2ccc(-c3cccs3)s2)nc(SCc2ccc(N(C)Sc3ccc(F)cc3)cc2)[nH]c1=O. The number of nitrogens with one attached hydrogen (secondary N) is 1. The monoisotopic (exact) mass is 551 g/mol. The van der Waals surface area contributed by atoms with E-state index in [4.69, 9.17) is 4.98 Å². The number of thiophene rings is 2. The molecule has 4 nitrogen and oxygen atoms in total. The minimum Gasteiger partial charge on any atom is -0.315 e. The fourth-order valence-electron chi connectivity index (χ4n) is 3.50. The third-order valence-electron chi connectivity index (χ3n) is 5.46. The molecular formula is C27H22FN3OS4. The Morgan fingerprint density at radius 2 is 1.72 bits per heavy atom. The van der Waals surface area contributed by atoms with Gasteiger partial charge in [-0.25, -0.2) is 9.37 Å². The summed E-state index contributed by atoms with van der Waals surface area (Å²) in [7, 11) is 1.98. The minimum atomic E-state index is -0.237. The zero-order chi connectivity index (χ0) is 25.1. The normalized spacial score (nSPS) is 11.1. The predicted molar refractivity (Wildman–Crippen MR) is 153 cm³/mol. The van der Waals surface area contributed by atoms with E-state index in [1.54, 1.807) is 34.8 Å². The van der Waals surface area contributed by atoms with E-state index in [1.165, 1.54) is 45.6 Å². The first-order valence-electron chi connectivity index (χ1n) is 11.1. The summed E-state index contributed by atoms with van der Waals surface area (Å²) in [5, 5.41) is 2.68. The van der Waals surface area contributed by atoms with Crippen LogP contribution in [0.2, 0.25) is 0 Å². The lowest BCUT2D eigenvalue weighted by atomic mass is 10.2. The molecule has 0 radical (unpaired) electrons. The van der Waals surface area contributed by atoms with E-state index < -0.39 is 0 Å². The van der Waals surface area contributed by atoms with Crippen molar-refractivity contribution in [3.05, 3.63) is 105 Å². The van der Waals surface area contributed by atoms with Crippen molar-refractivity contribution in [1.82, 2.24) is 9.97 Å². The van der Waals surface area contributed by atoms with Crippen molar-refractivity contribution in [2.75, 3.05) is 11.4 Å². The summed E-state index contributed by atoms with van der Waals surface area (Å²) in [5.74, 6) is 0.449. The molecule has 0 aliphatic carbocycles. The fraction of sp³-hybridized carbons (Fsp3) is 0.111. The number of benzene rings is 2. The maximum atomic E-state index is 13.1. The number of aromatic amines is 1. The lowest BCUT2D eigenvalue weighted by Gasteiger charge is -2.18. The average molecular weight is 552 g/mol. The van der Waals surface area contributed by atoms with Crippen LogP contribution in [0.15, 0.2) is 93.0 Å². The van der Waals surface area contributed by atoms with Gasteiger partial charge in [-0.2, -0.15) is 0 Å². The largest absolute Gasteiger partial charge is 0.315 e. The van der Waals surface area contributed by atoms with Gasteiger partial charge < -0.3 is 9.29 Å². The Kier molecular flexibility index (Phi) is 7.62. The lowest BCUT2D eigenvalue weighted by molar-refractivity contribution is 0.626. The number of anilines is 1. The summed E-state index contributed by atoms with van der Waals surface area (Å²) in [6.45, 7) is 1.82. The minimum absolute atomic E-state index is 0.108. The molecule has 0 amide bonds. The van der Waals surface area contributed by atoms with E-state index in [0.29, 0.717) is 16.5 Å². The topological polar surface area (TPSA) is 49.0 Å². The molecule has 0 saturated heterocycles. The van der Waals surface area contributed by atoms with Gasteiger partial charge in [0.25, 0.3) is 5.56 Å². The van der Waals surface area contributed by atoms with Gasteiger partial charge in [-0.15, -0.1) is 22.7 Å². The van der Waals surface area contributed by atoms with Crippen LogP contribution in [-0.2, 0) is 5.75 Å². The van der Waals surface area contributed by atoms with Crippen LogP contribution < -0.4 is 9.86 Å². The Labute approximate surface area is 225 Å². The highest BCUT2D eigenvalue weighted by Gasteiger charge is 2.14. The fourth-order valence-corrected chi connectivity index (χ4v) is 7.00. The van der Waals surface area contributed by atoms with Crippen LogP contribution in [0.5, 0.6) is 0 Å². The summed E-state index contributed by atoms with van der Waals surface area (Å²) in [6.07, 6.45) is 0. The molecule has 0 aliphatic rings. The van der Waals surface area contributed by atoms with E-state index in [-0.39, 0.29) is 11.4 Å². The molecule has 0 bridgehead atoms. The maximum absolute atomic E-state index is 13.1. The second kappa shape index (κ2) is 11.0. The Bertz CT molecular complexity index is 1510. The highest BCUT2D eigenvalue weighted by Crippen LogP contribution is 2.37. The van der Waals surface area contributed by atoms with Crippen molar-refractivity contribution in [3.63, 3.8) is 0 Å². The Hall–Kier alpha value is -2.85. The molecule has 5 rings (SSSR count). The Morgan fingerprint density at radius 3 is 2.44 bits per heavy atom. The number of aromatic nitrogens is 2. The predicted octanol–water partition coefficient (Wildman–Crippen LogP) is 8.11. The number of rotatable bonds is 8. The molecular weight excluding hydrogens is 530 g/mol. The van der Waals surface area contributed by atoms with Crippen LogP contribution in [0.4, 0.5) is 10.1 Å². The Morgan fingerprint density at radius 1 is 0.972 bits per heavy atom. The first-order chi connectivity index (χ1) is 17.5. The van der Waals surface area contributed by atoms with Crippen LogP contribution in [0.3, 0.4) is 0 Å². The first-order valence-corrected chi connectivity index (χ1v) is 14.6. The van der Waals surface area contributed by atoms with Gasteiger partial charge in [-0.05, 0) is 84.4 Å². The summed E-state index contributed by atoms with van der Waals surface area (Å²) >= 11 is 6.41. The second-order valence-corrected chi connectivity index (χ2v) is 12.2. The number of hydrogen-bond acceptors (Lipinski definition) is 7. The molecule has 1 N–H and O–H groups in total. The summed E-state index contributed by atoms with van der Waals surface area (Å²) in [5.41, 5.74) is 3.43. The second-order valence-electron chi connectivity index (χ2n) is 7.98.